The zero-order valence-corrected chi connectivity index (χ0v) is 10.5. The van der Waals surface area contributed by atoms with Crippen LogP contribution < -0.4 is 0 Å². The van der Waals surface area contributed by atoms with E-state index in [1.54, 1.807) is 24.5 Å². The molecule has 6 nitrogen and oxygen atoms in total. The lowest BCUT2D eigenvalue weighted by molar-refractivity contribution is 0.0335. The van der Waals surface area contributed by atoms with E-state index in [4.69, 9.17) is 9.84 Å². The van der Waals surface area contributed by atoms with Crippen molar-refractivity contribution in [3.05, 3.63) is 35.8 Å². The molecule has 6 heteroatoms. The minimum Gasteiger partial charge on any atom is -0.478 e. The van der Waals surface area contributed by atoms with Gasteiger partial charge in [-0.15, -0.1) is 0 Å². The summed E-state index contributed by atoms with van der Waals surface area (Å²) in [7, 11) is 0. The van der Waals surface area contributed by atoms with Crippen LogP contribution in [0.4, 0.5) is 0 Å². The molecule has 0 amide bonds. The van der Waals surface area contributed by atoms with Crippen molar-refractivity contribution in [2.75, 3.05) is 26.3 Å². The highest BCUT2D eigenvalue weighted by Crippen LogP contribution is 2.12. The molecule has 0 aliphatic carbocycles. The highest BCUT2D eigenvalue weighted by molar-refractivity contribution is 5.88. The van der Waals surface area contributed by atoms with Gasteiger partial charge in [0.05, 0.1) is 30.7 Å². The number of ether oxygens (including phenoxy) is 1. The van der Waals surface area contributed by atoms with Gasteiger partial charge in [-0.05, 0) is 12.1 Å². The third-order valence-corrected chi connectivity index (χ3v) is 3.33. The first-order valence-corrected chi connectivity index (χ1v) is 6.23. The number of imidazole rings is 1. The smallest absolute Gasteiger partial charge is 0.335 e. The van der Waals surface area contributed by atoms with Crippen LogP contribution in [0, 0.1) is 0 Å². The molecule has 3 heterocycles. The predicted octanol–water partition coefficient (Wildman–Crippen LogP) is 0.865. The normalized spacial score (nSPS) is 16.8. The van der Waals surface area contributed by atoms with E-state index >= 15 is 0 Å². The third-order valence-electron chi connectivity index (χ3n) is 3.33. The number of nitrogens with zero attached hydrogens (tertiary/aromatic N) is 3. The first kappa shape index (κ1) is 12.1. The maximum atomic E-state index is 10.9. The summed E-state index contributed by atoms with van der Waals surface area (Å²) in [5.41, 5.74) is 1.99. The zero-order valence-electron chi connectivity index (χ0n) is 10.5. The number of carboxylic acid groups (broad SMARTS) is 1. The van der Waals surface area contributed by atoms with E-state index in [2.05, 4.69) is 9.88 Å². The zero-order chi connectivity index (χ0) is 13.2. The second kappa shape index (κ2) is 4.99. The van der Waals surface area contributed by atoms with Gasteiger partial charge in [0.25, 0.3) is 0 Å². The first-order valence-electron chi connectivity index (χ1n) is 6.23. The number of pyridine rings is 1. The Morgan fingerprint density at radius 3 is 2.95 bits per heavy atom. The van der Waals surface area contributed by atoms with Crippen LogP contribution in [0.3, 0.4) is 0 Å². The molecule has 0 aromatic carbocycles. The number of hydrogen-bond donors (Lipinski definition) is 1. The van der Waals surface area contributed by atoms with Gasteiger partial charge in [0, 0.05) is 25.8 Å². The lowest BCUT2D eigenvalue weighted by atomic mass is 10.2. The first-order chi connectivity index (χ1) is 9.24. The average Bonchev–Trinajstić information content (AvgIpc) is 2.82. The van der Waals surface area contributed by atoms with Crippen LogP contribution in [0.2, 0.25) is 0 Å². The van der Waals surface area contributed by atoms with E-state index in [0.717, 1.165) is 38.5 Å². The fraction of sp³-hybridized carbons (Fsp3) is 0.385. The Hall–Kier alpha value is -1.92. The number of fused-ring (bicyclic) bond motifs is 1. The molecule has 2 aromatic rings. The van der Waals surface area contributed by atoms with Crippen LogP contribution in [-0.4, -0.2) is 51.7 Å². The quantitative estimate of drug-likeness (QED) is 0.887. The van der Waals surface area contributed by atoms with Gasteiger partial charge < -0.3 is 14.2 Å². The average molecular weight is 261 g/mol. The van der Waals surface area contributed by atoms with E-state index in [1.807, 2.05) is 4.40 Å². The van der Waals surface area contributed by atoms with Gasteiger partial charge in [-0.3, -0.25) is 4.90 Å². The summed E-state index contributed by atoms with van der Waals surface area (Å²) in [5.74, 6) is -0.930. The van der Waals surface area contributed by atoms with Crippen molar-refractivity contribution in [3.8, 4) is 0 Å². The Kier molecular flexibility index (Phi) is 3.18. The molecule has 0 spiro atoms. The Bertz CT molecular complexity index is 602. The number of carboxylic acids is 1. The fourth-order valence-electron chi connectivity index (χ4n) is 2.27. The van der Waals surface area contributed by atoms with Crippen LogP contribution >= 0.6 is 0 Å². The minimum absolute atomic E-state index is 0.260. The van der Waals surface area contributed by atoms with Crippen molar-refractivity contribution in [3.63, 3.8) is 0 Å². The fourth-order valence-corrected chi connectivity index (χ4v) is 2.27. The van der Waals surface area contributed by atoms with Gasteiger partial charge in [-0.25, -0.2) is 9.78 Å². The third kappa shape index (κ3) is 2.45. The highest BCUT2D eigenvalue weighted by atomic mass is 16.5. The van der Waals surface area contributed by atoms with Crippen LogP contribution in [0.25, 0.3) is 5.65 Å². The van der Waals surface area contributed by atoms with Gasteiger partial charge in [0.1, 0.15) is 5.65 Å². The molecule has 19 heavy (non-hydrogen) atoms. The molecular weight excluding hydrogens is 246 g/mol. The Balaban J connectivity index is 1.86. The van der Waals surface area contributed by atoms with Gasteiger partial charge in [0.15, 0.2) is 0 Å². The molecule has 2 aromatic heterocycles. The van der Waals surface area contributed by atoms with Crippen molar-refractivity contribution in [1.29, 1.82) is 0 Å². The predicted molar refractivity (Wildman–Crippen MR) is 68.2 cm³/mol. The second-order valence-electron chi connectivity index (χ2n) is 4.59. The van der Waals surface area contributed by atoms with Crippen molar-refractivity contribution in [1.82, 2.24) is 14.3 Å². The van der Waals surface area contributed by atoms with Crippen molar-refractivity contribution >= 4 is 11.6 Å². The number of aromatic nitrogens is 2. The lowest BCUT2D eigenvalue weighted by Crippen LogP contribution is -2.35. The number of morpholine rings is 1. The number of rotatable bonds is 3. The van der Waals surface area contributed by atoms with Gasteiger partial charge in [-0.1, -0.05) is 0 Å². The van der Waals surface area contributed by atoms with E-state index in [1.165, 1.54) is 0 Å². The summed E-state index contributed by atoms with van der Waals surface area (Å²) in [6.07, 6.45) is 3.57. The number of hydrogen-bond acceptors (Lipinski definition) is 4. The van der Waals surface area contributed by atoms with Crippen LogP contribution in [0.5, 0.6) is 0 Å². The molecule has 1 fully saturated rings. The van der Waals surface area contributed by atoms with Crippen molar-refractivity contribution in [2.45, 2.75) is 6.54 Å². The van der Waals surface area contributed by atoms with Crippen LogP contribution in [0.1, 0.15) is 16.1 Å². The summed E-state index contributed by atoms with van der Waals surface area (Å²) < 4.78 is 7.25. The van der Waals surface area contributed by atoms with Crippen molar-refractivity contribution < 1.29 is 14.6 Å². The molecule has 1 aliphatic rings. The maximum absolute atomic E-state index is 10.9. The van der Waals surface area contributed by atoms with E-state index in [0.29, 0.717) is 5.65 Å². The second-order valence-corrected chi connectivity index (χ2v) is 4.59. The van der Waals surface area contributed by atoms with E-state index in [-0.39, 0.29) is 5.56 Å². The van der Waals surface area contributed by atoms with Gasteiger partial charge in [-0.2, -0.15) is 0 Å². The Morgan fingerprint density at radius 1 is 1.42 bits per heavy atom. The maximum Gasteiger partial charge on any atom is 0.335 e. The molecule has 0 saturated carbocycles. The van der Waals surface area contributed by atoms with Crippen LogP contribution in [-0.2, 0) is 11.3 Å². The topological polar surface area (TPSA) is 67.1 Å². The Labute approximate surface area is 110 Å². The molecule has 0 atom stereocenters. The van der Waals surface area contributed by atoms with Gasteiger partial charge >= 0.3 is 5.97 Å². The highest BCUT2D eigenvalue weighted by Gasteiger charge is 2.14. The van der Waals surface area contributed by atoms with Crippen LogP contribution in [0.15, 0.2) is 24.5 Å². The molecule has 1 aliphatic heterocycles. The van der Waals surface area contributed by atoms with Gasteiger partial charge in [0.2, 0.25) is 0 Å². The molecule has 0 unspecified atom stereocenters. The molecule has 100 valence electrons. The summed E-state index contributed by atoms with van der Waals surface area (Å²) >= 11 is 0. The standard InChI is InChI=1S/C13H15N3O3/c17-13(18)10-1-2-16-11(8-14-12(16)7-10)9-15-3-5-19-6-4-15/h1-2,7-8H,3-6,9H2,(H,17,18). The largest absolute Gasteiger partial charge is 0.478 e. The summed E-state index contributed by atoms with van der Waals surface area (Å²) in [4.78, 5) is 17.5. The van der Waals surface area contributed by atoms with Crippen molar-refractivity contribution in [2.24, 2.45) is 0 Å². The lowest BCUT2D eigenvalue weighted by Gasteiger charge is -2.26. The molecule has 1 N–H and O–H groups in total. The van der Waals surface area contributed by atoms with E-state index < -0.39 is 5.97 Å². The summed E-state index contributed by atoms with van der Waals surface area (Å²) in [6, 6.07) is 3.19. The molecule has 0 radical (unpaired) electrons. The Morgan fingerprint density at radius 2 is 2.21 bits per heavy atom. The summed E-state index contributed by atoms with van der Waals surface area (Å²) in [5, 5.41) is 8.95. The number of aromatic carboxylic acids is 1. The molecule has 3 rings (SSSR count). The monoisotopic (exact) mass is 261 g/mol. The number of carbonyl (C=O) groups is 1. The minimum atomic E-state index is -0.930. The molecule has 0 bridgehead atoms. The molecule has 1 saturated heterocycles. The van der Waals surface area contributed by atoms with E-state index in [9.17, 15) is 4.79 Å². The summed E-state index contributed by atoms with van der Waals surface area (Å²) in [6.45, 7) is 4.16. The SMILES string of the molecule is O=C(O)c1ccn2c(CN3CCOCC3)cnc2c1. The molecular formula is C13H15N3O3.